The third-order valence-corrected chi connectivity index (χ3v) is 1.74. The van der Waals surface area contributed by atoms with Gasteiger partial charge < -0.3 is 9.78 Å². The number of hydrogen-bond acceptors (Lipinski definition) is 4. The molecule has 1 aromatic rings. The maximum atomic E-state index is 9.79. The molecule has 0 atom stereocenters. The maximum absolute atomic E-state index is 9.79. The zero-order valence-corrected chi connectivity index (χ0v) is 16.3. The smallest absolute Gasteiger partial charge is 0.195 e. The number of carbonyl (C=O) groups is 3. The number of aldehydes is 1. The first-order chi connectivity index (χ1) is 8.76. The second-order valence-electron chi connectivity index (χ2n) is 3.38. The summed E-state index contributed by atoms with van der Waals surface area (Å²) in [4.78, 5) is 35.6. The van der Waals surface area contributed by atoms with Gasteiger partial charge in [0.25, 0.3) is 0 Å². The van der Waals surface area contributed by atoms with Gasteiger partial charge in [-0.1, -0.05) is 0 Å². The Kier molecular flexibility index (Phi) is 19.7. The van der Waals surface area contributed by atoms with Crippen molar-refractivity contribution in [3.8, 4) is 0 Å². The molecule has 5 nitrogen and oxygen atoms in total. The van der Waals surface area contributed by atoms with Gasteiger partial charge in [0, 0.05) is 56.8 Å². The monoisotopic (exact) mass is 494 g/mol. The SMILES string of the molecule is CC(=O)C(C)=O.CC=O.Cc1nc(C)c(C)[nH]1.II. The van der Waals surface area contributed by atoms with Crippen molar-refractivity contribution >= 4 is 55.1 Å². The Hall–Kier alpha value is -0.320. The Bertz CT molecular complexity index is 359. The molecule has 0 saturated carbocycles. The number of ketones is 2. The van der Waals surface area contributed by atoms with Crippen molar-refractivity contribution in [2.24, 2.45) is 0 Å². The van der Waals surface area contributed by atoms with Gasteiger partial charge in [0.2, 0.25) is 0 Å². The summed E-state index contributed by atoms with van der Waals surface area (Å²) >= 11 is 4.24. The van der Waals surface area contributed by atoms with Crippen LogP contribution in [0.2, 0.25) is 0 Å². The van der Waals surface area contributed by atoms with Crippen LogP contribution in [0.25, 0.3) is 0 Å². The number of aryl methyl sites for hydroxylation is 3. The lowest BCUT2D eigenvalue weighted by atomic mass is 10.3. The Balaban J connectivity index is -0.000000207. The van der Waals surface area contributed by atoms with Crippen molar-refractivity contribution in [1.82, 2.24) is 9.97 Å². The van der Waals surface area contributed by atoms with Crippen LogP contribution in [0.15, 0.2) is 0 Å². The quantitative estimate of drug-likeness (QED) is 0.369. The molecular weight excluding hydrogens is 474 g/mol. The van der Waals surface area contributed by atoms with E-state index in [0.29, 0.717) is 0 Å². The average molecular weight is 494 g/mol. The molecular formula is C12H20I2N2O3. The topological polar surface area (TPSA) is 79.9 Å². The van der Waals surface area contributed by atoms with E-state index in [4.69, 9.17) is 4.79 Å². The second-order valence-corrected chi connectivity index (χ2v) is 3.38. The summed E-state index contributed by atoms with van der Waals surface area (Å²) in [5, 5.41) is 0. The van der Waals surface area contributed by atoms with Crippen molar-refractivity contribution in [3.63, 3.8) is 0 Å². The standard InChI is InChI=1S/C6H10N2.C4H6O2.C2H4O.I2/c1-4-5(2)8-6(3)7-4;1-3(5)4(2)6;1-2-3;1-2/h1-3H3,(H,7,8);1-2H3;2H,1H3;. The minimum atomic E-state index is -0.380. The molecule has 19 heavy (non-hydrogen) atoms. The van der Waals surface area contributed by atoms with E-state index in [1.165, 1.54) is 26.5 Å². The molecule has 1 rings (SSSR count). The van der Waals surface area contributed by atoms with Crippen LogP contribution in [0.3, 0.4) is 0 Å². The molecule has 110 valence electrons. The zero-order valence-electron chi connectivity index (χ0n) is 12.0. The zero-order chi connectivity index (χ0) is 16.0. The fourth-order valence-corrected chi connectivity index (χ4v) is 0.725. The van der Waals surface area contributed by atoms with Gasteiger partial charge in [-0.15, -0.1) is 0 Å². The molecule has 0 aliphatic carbocycles. The summed E-state index contributed by atoms with van der Waals surface area (Å²) in [5.74, 6) is 0.241. The molecule has 0 radical (unpaired) electrons. The fraction of sp³-hybridized carbons (Fsp3) is 0.500. The van der Waals surface area contributed by atoms with Gasteiger partial charge in [0.05, 0.1) is 5.69 Å². The predicted molar refractivity (Wildman–Crippen MR) is 93.9 cm³/mol. The van der Waals surface area contributed by atoms with E-state index in [1.807, 2.05) is 20.8 Å². The number of carbonyl (C=O) groups excluding carboxylic acids is 3. The minimum Gasteiger partial charge on any atom is -0.346 e. The van der Waals surface area contributed by atoms with Crippen molar-refractivity contribution in [2.75, 3.05) is 0 Å². The summed E-state index contributed by atoms with van der Waals surface area (Å²) < 4.78 is 0. The molecule has 0 aromatic carbocycles. The molecule has 1 heterocycles. The first-order valence-corrected chi connectivity index (χ1v) is 11.6. The number of hydrogen-bond donors (Lipinski definition) is 1. The summed E-state index contributed by atoms with van der Waals surface area (Å²) in [6, 6.07) is 0. The van der Waals surface area contributed by atoms with Crippen LogP contribution in [-0.2, 0) is 14.4 Å². The first-order valence-electron chi connectivity index (χ1n) is 5.31. The van der Waals surface area contributed by atoms with Gasteiger partial charge in [0.1, 0.15) is 12.1 Å². The molecule has 7 heteroatoms. The molecule has 0 bridgehead atoms. The highest BCUT2D eigenvalue weighted by atomic mass is 128. The molecule has 0 spiro atoms. The summed E-state index contributed by atoms with van der Waals surface area (Å²) in [6.07, 6.45) is 0.750. The number of aromatic nitrogens is 2. The van der Waals surface area contributed by atoms with E-state index in [-0.39, 0.29) is 11.6 Å². The highest BCUT2D eigenvalue weighted by Gasteiger charge is 1.94. The summed E-state index contributed by atoms with van der Waals surface area (Å²) in [6.45, 7) is 9.93. The van der Waals surface area contributed by atoms with E-state index in [9.17, 15) is 9.59 Å². The van der Waals surface area contributed by atoms with Crippen LogP contribution in [0.1, 0.15) is 38.0 Å². The van der Waals surface area contributed by atoms with Crippen LogP contribution < -0.4 is 0 Å². The van der Waals surface area contributed by atoms with Crippen LogP contribution >= 0.6 is 37.2 Å². The highest BCUT2D eigenvalue weighted by Crippen LogP contribution is 1.99. The molecule has 0 aliphatic heterocycles. The molecule has 1 N–H and O–H groups in total. The number of H-pyrrole nitrogens is 1. The average Bonchev–Trinajstić information content (AvgIpc) is 2.60. The normalized spacial score (nSPS) is 7.58. The van der Waals surface area contributed by atoms with Crippen LogP contribution in [-0.4, -0.2) is 27.8 Å². The third-order valence-electron chi connectivity index (χ3n) is 1.74. The maximum Gasteiger partial charge on any atom is 0.195 e. The highest BCUT2D eigenvalue weighted by molar-refractivity contribution is 15.0. The number of imidazole rings is 1. The van der Waals surface area contributed by atoms with Gasteiger partial charge in [-0.25, -0.2) is 4.98 Å². The van der Waals surface area contributed by atoms with Crippen molar-refractivity contribution in [3.05, 3.63) is 17.2 Å². The van der Waals surface area contributed by atoms with Crippen molar-refractivity contribution in [1.29, 1.82) is 0 Å². The molecule has 0 aliphatic rings. The lowest BCUT2D eigenvalue weighted by Crippen LogP contribution is -2.01. The number of nitrogens with one attached hydrogen (secondary N) is 1. The van der Waals surface area contributed by atoms with E-state index in [2.05, 4.69) is 47.2 Å². The van der Waals surface area contributed by atoms with Crippen LogP contribution in [0, 0.1) is 20.8 Å². The van der Waals surface area contributed by atoms with Gasteiger partial charge in [-0.05, 0) is 27.7 Å². The van der Waals surface area contributed by atoms with Gasteiger partial charge >= 0.3 is 0 Å². The fourth-order valence-electron chi connectivity index (χ4n) is 0.725. The van der Waals surface area contributed by atoms with Crippen molar-refractivity contribution in [2.45, 2.75) is 41.5 Å². The van der Waals surface area contributed by atoms with Gasteiger partial charge in [0.15, 0.2) is 11.6 Å². The molecule has 0 amide bonds. The summed E-state index contributed by atoms with van der Waals surface area (Å²) in [5.41, 5.74) is 2.27. The molecule has 0 unspecified atom stereocenters. The molecule has 1 aromatic heterocycles. The number of aromatic amines is 1. The summed E-state index contributed by atoms with van der Waals surface area (Å²) in [7, 11) is 0. The van der Waals surface area contributed by atoms with E-state index in [1.54, 1.807) is 0 Å². The third kappa shape index (κ3) is 17.7. The Labute approximate surface area is 137 Å². The van der Waals surface area contributed by atoms with E-state index < -0.39 is 0 Å². The molecule has 0 fully saturated rings. The number of halogens is 2. The van der Waals surface area contributed by atoms with Crippen LogP contribution in [0.5, 0.6) is 0 Å². The Morgan fingerprint density at radius 1 is 1.11 bits per heavy atom. The number of rotatable bonds is 1. The lowest BCUT2D eigenvalue weighted by Gasteiger charge is -1.79. The Morgan fingerprint density at radius 2 is 1.42 bits per heavy atom. The van der Waals surface area contributed by atoms with E-state index in [0.717, 1.165) is 17.8 Å². The Morgan fingerprint density at radius 3 is 1.47 bits per heavy atom. The lowest BCUT2D eigenvalue weighted by molar-refractivity contribution is -0.134. The number of Topliss-reactive ketones (excluding diaryl/α,β-unsaturated/α-hetero) is 2. The van der Waals surface area contributed by atoms with Gasteiger partial charge in [-0.3, -0.25) is 9.59 Å². The largest absolute Gasteiger partial charge is 0.346 e. The molecule has 0 saturated heterocycles. The van der Waals surface area contributed by atoms with E-state index >= 15 is 0 Å². The van der Waals surface area contributed by atoms with Crippen LogP contribution in [0.4, 0.5) is 0 Å². The predicted octanol–water partition coefficient (Wildman–Crippen LogP) is 3.48. The van der Waals surface area contributed by atoms with Gasteiger partial charge in [-0.2, -0.15) is 0 Å². The van der Waals surface area contributed by atoms with Crippen molar-refractivity contribution < 1.29 is 14.4 Å². The number of nitrogens with zero attached hydrogens (tertiary/aromatic N) is 1. The minimum absolute atomic E-state index is 0.380. The first kappa shape index (κ1) is 23.7. The second kappa shape index (κ2) is 15.7.